The molecule has 0 bridgehead atoms. The summed E-state index contributed by atoms with van der Waals surface area (Å²) in [6.45, 7) is 0.701. The smallest absolute Gasteiger partial charge is 0.188 e. The zero-order valence-electron chi connectivity index (χ0n) is 8.85. The Labute approximate surface area is 92.8 Å². The molecule has 0 spiro atoms. The van der Waals surface area contributed by atoms with Gasteiger partial charge in [0.25, 0.3) is 0 Å². The molecule has 15 heavy (non-hydrogen) atoms. The normalized spacial score (nSPS) is 14.9. The molecule has 2 atom stereocenters. The summed E-state index contributed by atoms with van der Waals surface area (Å²) in [5, 5.41) is 0.0364. The quantitative estimate of drug-likeness (QED) is 0.648. The zero-order chi connectivity index (χ0) is 11.7. The van der Waals surface area contributed by atoms with Crippen LogP contribution in [0.1, 0.15) is 32.6 Å². The molecule has 0 aromatic rings. The molecule has 0 saturated carbocycles. The highest BCUT2D eigenvalue weighted by atomic mass is 32.2. The molecule has 90 valence electrons. The summed E-state index contributed by atoms with van der Waals surface area (Å²) in [4.78, 5) is 10.8. The van der Waals surface area contributed by atoms with Crippen LogP contribution in [0.3, 0.4) is 0 Å². The summed E-state index contributed by atoms with van der Waals surface area (Å²) in [7, 11) is 0. The van der Waals surface area contributed by atoms with E-state index >= 15 is 0 Å². The highest BCUT2D eigenvalue weighted by molar-refractivity contribution is 8.13. The largest absolute Gasteiger partial charge is 0.287 e. The lowest BCUT2D eigenvalue weighted by atomic mass is 10.1. The minimum Gasteiger partial charge on any atom is -0.287 e. The van der Waals surface area contributed by atoms with Gasteiger partial charge >= 0.3 is 0 Å². The number of carbonyl (C=O) groups is 1. The van der Waals surface area contributed by atoms with Crippen LogP contribution < -0.4 is 0 Å². The van der Waals surface area contributed by atoms with E-state index in [1.165, 1.54) is 0 Å². The second kappa shape index (κ2) is 9.07. The van der Waals surface area contributed by atoms with Crippen molar-refractivity contribution in [3.05, 3.63) is 0 Å². The van der Waals surface area contributed by atoms with Gasteiger partial charge in [-0.05, 0) is 19.3 Å². The Morgan fingerprint density at radius 1 is 1.20 bits per heavy atom. The van der Waals surface area contributed by atoms with Gasteiger partial charge in [-0.2, -0.15) is 0 Å². The molecule has 0 radical (unpaired) electrons. The maximum Gasteiger partial charge on any atom is 0.188 e. The van der Waals surface area contributed by atoms with Crippen LogP contribution in [0.4, 0.5) is 13.2 Å². The predicted octanol–water partition coefficient (Wildman–Crippen LogP) is 3.47. The van der Waals surface area contributed by atoms with Gasteiger partial charge in [0.1, 0.15) is 19.0 Å². The van der Waals surface area contributed by atoms with Crippen LogP contribution in [0, 0.1) is 0 Å². The number of carbonyl (C=O) groups excluding carboxylic acids is 1. The van der Waals surface area contributed by atoms with E-state index in [4.69, 9.17) is 0 Å². The predicted molar refractivity (Wildman–Crippen MR) is 57.4 cm³/mol. The molecule has 0 rings (SSSR count). The molecule has 0 aliphatic rings. The molecule has 0 saturated heterocycles. The molecular weight excluding hydrogens is 225 g/mol. The fourth-order valence-corrected chi connectivity index (χ4v) is 1.79. The number of thioether (sulfide) groups is 1. The first-order valence-electron chi connectivity index (χ1n) is 5.09. The summed E-state index contributed by atoms with van der Waals surface area (Å²) in [6, 6.07) is 0. The van der Waals surface area contributed by atoms with Gasteiger partial charge in [-0.15, -0.1) is 0 Å². The molecule has 0 aliphatic heterocycles. The first kappa shape index (κ1) is 14.8. The average Bonchev–Trinajstić information content (AvgIpc) is 2.25. The maximum absolute atomic E-state index is 13.0. The van der Waals surface area contributed by atoms with Crippen molar-refractivity contribution in [1.82, 2.24) is 0 Å². The van der Waals surface area contributed by atoms with E-state index in [1.54, 1.807) is 6.92 Å². The standard InChI is InChI=1S/C10H17F3OS/c1-2-10(14)15-6-5-8(12)3-4-9(13)7-11/h8-9H,2-7H2,1H3. The lowest BCUT2D eigenvalue weighted by Gasteiger charge is -2.08. The van der Waals surface area contributed by atoms with Crippen molar-refractivity contribution in [1.29, 1.82) is 0 Å². The molecule has 0 fully saturated rings. The van der Waals surface area contributed by atoms with E-state index in [9.17, 15) is 18.0 Å². The fourth-order valence-electron chi connectivity index (χ4n) is 0.986. The van der Waals surface area contributed by atoms with Gasteiger partial charge < -0.3 is 0 Å². The zero-order valence-corrected chi connectivity index (χ0v) is 9.66. The van der Waals surface area contributed by atoms with Gasteiger partial charge in [-0.25, -0.2) is 13.2 Å². The Bertz CT molecular complexity index is 178. The third-order valence-electron chi connectivity index (χ3n) is 1.94. The molecule has 0 amide bonds. The van der Waals surface area contributed by atoms with Crippen molar-refractivity contribution in [2.45, 2.75) is 45.0 Å². The molecule has 0 aromatic carbocycles. The van der Waals surface area contributed by atoms with Gasteiger partial charge in [0.15, 0.2) is 5.12 Å². The van der Waals surface area contributed by atoms with Crippen molar-refractivity contribution >= 4 is 16.9 Å². The summed E-state index contributed by atoms with van der Waals surface area (Å²) < 4.78 is 37.1. The number of alkyl halides is 3. The SMILES string of the molecule is CCC(=O)SCCC(F)CCC(F)CF. The Kier molecular flexibility index (Phi) is 8.95. The van der Waals surface area contributed by atoms with Crippen LogP contribution in [-0.2, 0) is 4.79 Å². The maximum atomic E-state index is 13.0. The number of hydrogen-bond donors (Lipinski definition) is 0. The number of rotatable bonds is 8. The lowest BCUT2D eigenvalue weighted by Crippen LogP contribution is -2.09. The fraction of sp³-hybridized carbons (Fsp3) is 0.900. The minimum atomic E-state index is -1.55. The molecule has 0 heterocycles. The van der Waals surface area contributed by atoms with Crippen molar-refractivity contribution < 1.29 is 18.0 Å². The third kappa shape index (κ3) is 8.78. The Morgan fingerprint density at radius 3 is 2.33 bits per heavy atom. The van der Waals surface area contributed by atoms with Crippen LogP contribution in [-0.4, -0.2) is 29.9 Å². The Balaban J connectivity index is 3.40. The van der Waals surface area contributed by atoms with Crippen molar-refractivity contribution in [3.8, 4) is 0 Å². The van der Waals surface area contributed by atoms with E-state index in [0.717, 1.165) is 11.8 Å². The molecule has 0 N–H and O–H groups in total. The van der Waals surface area contributed by atoms with Crippen molar-refractivity contribution in [2.24, 2.45) is 0 Å². The van der Waals surface area contributed by atoms with E-state index in [-0.39, 0.29) is 24.4 Å². The Morgan fingerprint density at radius 2 is 1.80 bits per heavy atom. The van der Waals surface area contributed by atoms with Crippen LogP contribution in [0.5, 0.6) is 0 Å². The van der Waals surface area contributed by atoms with E-state index in [1.807, 2.05) is 0 Å². The van der Waals surface area contributed by atoms with Gasteiger partial charge in [0, 0.05) is 12.2 Å². The van der Waals surface area contributed by atoms with E-state index in [0.29, 0.717) is 12.2 Å². The topological polar surface area (TPSA) is 17.1 Å². The Hall–Kier alpha value is -0.190. The summed E-state index contributed by atoms with van der Waals surface area (Å²) in [5.74, 6) is 0.417. The van der Waals surface area contributed by atoms with E-state index in [2.05, 4.69) is 0 Å². The monoisotopic (exact) mass is 242 g/mol. The molecule has 2 unspecified atom stereocenters. The average molecular weight is 242 g/mol. The van der Waals surface area contributed by atoms with Gasteiger partial charge in [0.05, 0.1) is 0 Å². The molecule has 0 aliphatic carbocycles. The number of hydrogen-bond acceptors (Lipinski definition) is 2. The van der Waals surface area contributed by atoms with Gasteiger partial charge in [-0.1, -0.05) is 18.7 Å². The van der Waals surface area contributed by atoms with E-state index < -0.39 is 19.0 Å². The lowest BCUT2D eigenvalue weighted by molar-refractivity contribution is -0.110. The molecule has 0 aromatic heterocycles. The first-order valence-corrected chi connectivity index (χ1v) is 6.08. The summed E-state index contributed by atoms with van der Waals surface area (Å²) in [5.41, 5.74) is 0. The van der Waals surface area contributed by atoms with Crippen LogP contribution >= 0.6 is 11.8 Å². The van der Waals surface area contributed by atoms with Crippen LogP contribution in [0.2, 0.25) is 0 Å². The number of halogens is 3. The second-order valence-corrected chi connectivity index (χ2v) is 4.44. The van der Waals surface area contributed by atoms with Gasteiger partial charge in [-0.3, -0.25) is 4.79 Å². The van der Waals surface area contributed by atoms with Crippen molar-refractivity contribution in [2.75, 3.05) is 12.4 Å². The van der Waals surface area contributed by atoms with Crippen LogP contribution in [0.15, 0.2) is 0 Å². The minimum absolute atomic E-state index is 0.0337. The van der Waals surface area contributed by atoms with Crippen molar-refractivity contribution in [3.63, 3.8) is 0 Å². The second-order valence-electron chi connectivity index (χ2n) is 3.29. The first-order chi connectivity index (χ1) is 7.10. The molecular formula is C10H17F3OS. The highest BCUT2D eigenvalue weighted by Gasteiger charge is 2.12. The summed E-state index contributed by atoms with van der Waals surface area (Å²) in [6.07, 6.45) is -2.05. The molecule has 1 nitrogen and oxygen atoms in total. The molecule has 5 heteroatoms. The third-order valence-corrected chi connectivity index (χ3v) is 2.99. The van der Waals surface area contributed by atoms with Crippen LogP contribution in [0.25, 0.3) is 0 Å². The highest BCUT2D eigenvalue weighted by Crippen LogP contribution is 2.15. The van der Waals surface area contributed by atoms with Gasteiger partial charge in [0.2, 0.25) is 0 Å². The summed E-state index contributed by atoms with van der Waals surface area (Å²) >= 11 is 1.10.